The molecule has 2 aromatic rings. The first-order chi connectivity index (χ1) is 8.58. The fourth-order valence-corrected chi connectivity index (χ4v) is 4.36. The van der Waals surface area contributed by atoms with Crippen LogP contribution < -0.4 is 15.5 Å². The van der Waals surface area contributed by atoms with Gasteiger partial charge in [0.15, 0.2) is 0 Å². The third kappa shape index (κ3) is 1.72. The second kappa shape index (κ2) is 3.89. The fraction of sp³-hybridized carbons (Fsp3) is 0.143. The van der Waals surface area contributed by atoms with Crippen LogP contribution in [0.2, 0.25) is 0 Å². The van der Waals surface area contributed by atoms with E-state index in [9.17, 15) is 4.57 Å². The number of rotatable bonds is 1. The molecule has 0 aromatic heterocycles. The molecular weight excluding hydrogens is 243 g/mol. The zero-order chi connectivity index (χ0) is 12.8. The minimum atomic E-state index is -2.75. The number of hydrogen-bond acceptors (Lipinski definition) is 1. The number of aryl methyl sites for hydroxylation is 2. The molecule has 0 amide bonds. The molecule has 0 aliphatic carbocycles. The van der Waals surface area contributed by atoms with Gasteiger partial charge in [0, 0.05) is 0 Å². The minimum absolute atomic E-state index is 0.804. The van der Waals surface area contributed by atoms with Crippen molar-refractivity contribution in [3.05, 3.63) is 53.6 Å². The Morgan fingerprint density at radius 1 is 1.00 bits per heavy atom. The van der Waals surface area contributed by atoms with Crippen molar-refractivity contribution in [1.29, 1.82) is 0 Å². The maximum absolute atomic E-state index is 12.9. The highest BCUT2D eigenvalue weighted by molar-refractivity contribution is 7.74. The second-order valence-electron chi connectivity index (χ2n) is 4.67. The normalized spacial score (nSPS) is 21.0. The number of nitrogens with one attached hydrogen (secondary N) is 2. The summed E-state index contributed by atoms with van der Waals surface area (Å²) in [5.74, 6) is 0. The number of anilines is 2. The Labute approximate surface area is 107 Å². The van der Waals surface area contributed by atoms with E-state index >= 15 is 0 Å². The predicted molar refractivity (Wildman–Crippen MR) is 76.8 cm³/mol. The summed E-state index contributed by atoms with van der Waals surface area (Å²) in [5, 5.41) is 7.12. The summed E-state index contributed by atoms with van der Waals surface area (Å²) in [7, 11) is -2.75. The summed E-state index contributed by atoms with van der Waals surface area (Å²) in [6, 6.07) is 13.6. The van der Waals surface area contributed by atoms with E-state index in [0.29, 0.717) is 0 Å². The Morgan fingerprint density at radius 3 is 2.44 bits per heavy atom. The van der Waals surface area contributed by atoms with Gasteiger partial charge in [-0.3, -0.25) is 4.57 Å². The summed E-state index contributed by atoms with van der Waals surface area (Å²) >= 11 is 0. The minimum Gasteiger partial charge on any atom is -0.315 e. The van der Waals surface area contributed by atoms with Crippen molar-refractivity contribution in [2.45, 2.75) is 13.8 Å². The highest BCUT2D eigenvalue weighted by Crippen LogP contribution is 2.54. The average Bonchev–Trinajstić information content (AvgIpc) is 2.69. The van der Waals surface area contributed by atoms with E-state index in [4.69, 9.17) is 0 Å². The summed E-state index contributed by atoms with van der Waals surface area (Å²) in [4.78, 5) is 0. The Kier molecular flexibility index (Phi) is 2.46. The van der Waals surface area contributed by atoms with Crippen molar-refractivity contribution in [2.24, 2.45) is 0 Å². The fourth-order valence-electron chi connectivity index (χ4n) is 2.33. The van der Waals surface area contributed by atoms with E-state index in [1.165, 1.54) is 5.56 Å². The maximum atomic E-state index is 12.9. The summed E-state index contributed by atoms with van der Waals surface area (Å²) < 4.78 is 12.9. The lowest BCUT2D eigenvalue weighted by Crippen LogP contribution is -2.12. The maximum Gasteiger partial charge on any atom is 0.287 e. The first-order valence-electron chi connectivity index (χ1n) is 5.92. The SMILES string of the molecule is Cc1cc(C)c2c(c1)NP(=O)(c1ccccc1)N2. The first-order valence-corrected chi connectivity index (χ1v) is 7.63. The Hall–Kier alpha value is -1.73. The molecule has 0 saturated heterocycles. The van der Waals surface area contributed by atoms with Gasteiger partial charge in [-0.2, -0.15) is 0 Å². The second-order valence-corrected chi connectivity index (χ2v) is 6.85. The van der Waals surface area contributed by atoms with Crippen molar-refractivity contribution < 1.29 is 4.57 Å². The lowest BCUT2D eigenvalue weighted by molar-refractivity contribution is 0.588. The van der Waals surface area contributed by atoms with Crippen molar-refractivity contribution in [3.63, 3.8) is 0 Å². The van der Waals surface area contributed by atoms with Gasteiger partial charge in [-0.1, -0.05) is 24.3 Å². The van der Waals surface area contributed by atoms with E-state index in [2.05, 4.69) is 16.2 Å². The third-order valence-electron chi connectivity index (χ3n) is 3.15. The van der Waals surface area contributed by atoms with E-state index in [1.807, 2.05) is 50.2 Å². The Morgan fingerprint density at radius 2 is 1.72 bits per heavy atom. The molecule has 1 aliphatic heterocycles. The number of benzene rings is 2. The molecule has 1 heterocycles. The van der Waals surface area contributed by atoms with Crippen LogP contribution in [0.5, 0.6) is 0 Å². The predicted octanol–water partition coefficient (Wildman–Crippen LogP) is 3.66. The highest BCUT2D eigenvalue weighted by atomic mass is 31.2. The summed E-state index contributed by atoms with van der Waals surface area (Å²) in [6.45, 7) is 4.07. The molecule has 92 valence electrons. The lowest BCUT2D eigenvalue weighted by atomic mass is 10.1. The van der Waals surface area contributed by atoms with Crippen LogP contribution in [0, 0.1) is 13.8 Å². The molecular formula is C14H15N2OP. The van der Waals surface area contributed by atoms with Crippen LogP contribution in [0.15, 0.2) is 42.5 Å². The topological polar surface area (TPSA) is 41.1 Å². The van der Waals surface area contributed by atoms with E-state index in [-0.39, 0.29) is 0 Å². The largest absolute Gasteiger partial charge is 0.315 e. The molecule has 0 bridgehead atoms. The molecule has 3 nitrogen and oxygen atoms in total. The molecule has 1 atom stereocenters. The number of fused-ring (bicyclic) bond motifs is 1. The van der Waals surface area contributed by atoms with E-state index < -0.39 is 7.44 Å². The molecule has 0 saturated carbocycles. The van der Waals surface area contributed by atoms with Crippen LogP contribution in [0.1, 0.15) is 11.1 Å². The quantitative estimate of drug-likeness (QED) is 0.767. The first kappa shape index (κ1) is 11.4. The Balaban J connectivity index is 2.08. The highest BCUT2D eigenvalue weighted by Gasteiger charge is 2.33. The summed E-state index contributed by atoms with van der Waals surface area (Å²) in [5.41, 5.74) is 4.17. The van der Waals surface area contributed by atoms with Crippen LogP contribution in [0.4, 0.5) is 11.4 Å². The zero-order valence-electron chi connectivity index (χ0n) is 10.4. The van der Waals surface area contributed by atoms with E-state index in [0.717, 1.165) is 22.2 Å². The molecule has 0 fully saturated rings. The lowest BCUT2D eigenvalue weighted by Gasteiger charge is -2.13. The standard InChI is InChI=1S/C14H15N2OP/c1-10-8-11(2)14-13(9-10)15-18(17,16-14)12-6-4-3-5-7-12/h3-9H,1-2H3,(H2,15,16,17). The molecule has 2 N–H and O–H groups in total. The third-order valence-corrected chi connectivity index (χ3v) is 5.27. The van der Waals surface area contributed by atoms with Gasteiger partial charge in [-0.05, 0) is 43.2 Å². The molecule has 1 unspecified atom stereocenters. The smallest absolute Gasteiger partial charge is 0.287 e. The van der Waals surface area contributed by atoms with Crippen LogP contribution in [-0.2, 0) is 4.57 Å². The van der Waals surface area contributed by atoms with E-state index in [1.54, 1.807) is 0 Å². The van der Waals surface area contributed by atoms with Crippen molar-refractivity contribution in [1.82, 2.24) is 0 Å². The molecule has 1 aliphatic rings. The number of hydrogen-bond donors (Lipinski definition) is 2. The van der Waals surface area contributed by atoms with Crippen LogP contribution in [-0.4, -0.2) is 0 Å². The van der Waals surface area contributed by atoms with Gasteiger partial charge in [0.2, 0.25) is 0 Å². The van der Waals surface area contributed by atoms with Gasteiger partial charge in [-0.15, -0.1) is 0 Å². The van der Waals surface area contributed by atoms with Gasteiger partial charge in [0.1, 0.15) is 0 Å². The molecule has 0 spiro atoms. The molecule has 0 radical (unpaired) electrons. The average molecular weight is 258 g/mol. The van der Waals surface area contributed by atoms with Gasteiger partial charge < -0.3 is 10.2 Å². The van der Waals surface area contributed by atoms with Gasteiger partial charge in [-0.25, -0.2) is 0 Å². The summed E-state index contributed by atoms with van der Waals surface area (Å²) in [6.07, 6.45) is 0. The van der Waals surface area contributed by atoms with Crippen LogP contribution in [0.25, 0.3) is 0 Å². The monoisotopic (exact) mass is 258 g/mol. The zero-order valence-corrected chi connectivity index (χ0v) is 11.3. The van der Waals surface area contributed by atoms with Crippen molar-refractivity contribution in [3.8, 4) is 0 Å². The molecule has 4 heteroatoms. The van der Waals surface area contributed by atoms with Crippen LogP contribution >= 0.6 is 7.44 Å². The molecule has 2 aromatic carbocycles. The van der Waals surface area contributed by atoms with Crippen LogP contribution in [0.3, 0.4) is 0 Å². The van der Waals surface area contributed by atoms with Gasteiger partial charge in [0.25, 0.3) is 7.44 Å². The molecule has 18 heavy (non-hydrogen) atoms. The van der Waals surface area contributed by atoms with Crippen molar-refractivity contribution in [2.75, 3.05) is 10.2 Å². The Bertz CT molecular complexity index is 652. The van der Waals surface area contributed by atoms with Gasteiger partial charge >= 0.3 is 0 Å². The van der Waals surface area contributed by atoms with Crippen molar-refractivity contribution >= 4 is 24.1 Å². The van der Waals surface area contributed by atoms with Gasteiger partial charge in [0.05, 0.1) is 16.7 Å². The molecule has 3 rings (SSSR count).